The van der Waals surface area contributed by atoms with Gasteiger partial charge in [-0.2, -0.15) is 0 Å². The van der Waals surface area contributed by atoms with E-state index >= 15 is 0 Å². The molecule has 0 aromatic heterocycles. The summed E-state index contributed by atoms with van der Waals surface area (Å²) in [6.45, 7) is 2.67. The molecule has 1 atom stereocenters. The Balaban J connectivity index is 1.54. The number of hydrogen-bond acceptors (Lipinski definition) is 2. The van der Waals surface area contributed by atoms with Crippen LogP contribution in [-0.4, -0.2) is 18.4 Å². The Labute approximate surface area is 171 Å². The molecular weight excluding hydrogens is 360 g/mol. The van der Waals surface area contributed by atoms with Crippen LogP contribution in [0, 0.1) is 0 Å². The monoisotopic (exact) mass is 384 g/mol. The molecular formula is C25H24N2O2. The molecule has 4 nitrogen and oxygen atoms in total. The van der Waals surface area contributed by atoms with Crippen molar-refractivity contribution in [1.29, 1.82) is 0 Å². The van der Waals surface area contributed by atoms with Gasteiger partial charge >= 0.3 is 0 Å². The summed E-state index contributed by atoms with van der Waals surface area (Å²) < 4.78 is 0. The van der Waals surface area contributed by atoms with E-state index in [1.807, 2.05) is 90.7 Å². The summed E-state index contributed by atoms with van der Waals surface area (Å²) in [5.74, 6) is -0.0999. The Bertz CT molecular complexity index is 1020. The van der Waals surface area contributed by atoms with Crippen molar-refractivity contribution in [3.05, 3.63) is 101 Å². The Hall–Kier alpha value is -3.40. The molecule has 3 aromatic carbocycles. The number of benzene rings is 3. The molecule has 0 bridgehead atoms. The topological polar surface area (TPSA) is 49.4 Å². The summed E-state index contributed by atoms with van der Waals surface area (Å²) in [5.41, 5.74) is 4.32. The van der Waals surface area contributed by atoms with Crippen molar-refractivity contribution in [3.8, 4) is 0 Å². The second-order valence-corrected chi connectivity index (χ2v) is 7.38. The number of aryl methyl sites for hydroxylation is 1. The van der Waals surface area contributed by atoms with Gasteiger partial charge in [-0.05, 0) is 61.2 Å². The van der Waals surface area contributed by atoms with Crippen molar-refractivity contribution < 1.29 is 9.59 Å². The van der Waals surface area contributed by atoms with E-state index in [-0.39, 0.29) is 17.9 Å². The Morgan fingerprint density at radius 1 is 0.897 bits per heavy atom. The van der Waals surface area contributed by atoms with Crippen LogP contribution in [0.25, 0.3) is 0 Å². The summed E-state index contributed by atoms with van der Waals surface area (Å²) in [7, 11) is 0. The lowest BCUT2D eigenvalue weighted by Crippen LogP contribution is -2.35. The molecule has 0 radical (unpaired) electrons. The van der Waals surface area contributed by atoms with Gasteiger partial charge < -0.3 is 10.2 Å². The van der Waals surface area contributed by atoms with Crippen LogP contribution < -0.4 is 10.2 Å². The Morgan fingerprint density at radius 2 is 1.59 bits per heavy atom. The Morgan fingerprint density at radius 3 is 2.31 bits per heavy atom. The molecule has 0 fully saturated rings. The minimum atomic E-state index is -0.101. The average molecular weight is 384 g/mol. The van der Waals surface area contributed by atoms with E-state index < -0.39 is 0 Å². The fourth-order valence-corrected chi connectivity index (χ4v) is 3.79. The van der Waals surface area contributed by atoms with Gasteiger partial charge in [0, 0.05) is 23.4 Å². The molecule has 1 aliphatic heterocycles. The van der Waals surface area contributed by atoms with Crippen molar-refractivity contribution in [3.63, 3.8) is 0 Å². The van der Waals surface area contributed by atoms with E-state index in [0.717, 1.165) is 29.7 Å². The molecule has 0 saturated carbocycles. The molecule has 0 spiro atoms. The van der Waals surface area contributed by atoms with Crippen LogP contribution >= 0.6 is 0 Å². The second-order valence-electron chi connectivity index (χ2n) is 7.38. The van der Waals surface area contributed by atoms with Crippen LogP contribution in [0.1, 0.15) is 51.2 Å². The number of fused-ring (bicyclic) bond motifs is 1. The number of carbonyl (C=O) groups excluding carboxylic acids is 2. The first-order valence-corrected chi connectivity index (χ1v) is 9.99. The quantitative estimate of drug-likeness (QED) is 0.704. The van der Waals surface area contributed by atoms with Crippen LogP contribution in [0.15, 0.2) is 78.9 Å². The summed E-state index contributed by atoms with van der Waals surface area (Å²) in [6, 6.07) is 24.8. The zero-order chi connectivity index (χ0) is 20.2. The molecule has 1 N–H and O–H groups in total. The number of hydrogen-bond donors (Lipinski definition) is 1. The predicted molar refractivity (Wildman–Crippen MR) is 115 cm³/mol. The third-order valence-corrected chi connectivity index (χ3v) is 5.37. The van der Waals surface area contributed by atoms with Gasteiger partial charge in [0.25, 0.3) is 11.8 Å². The summed E-state index contributed by atoms with van der Waals surface area (Å²) in [4.78, 5) is 27.5. The number of nitrogens with zero attached hydrogens (tertiary/aromatic N) is 1. The van der Waals surface area contributed by atoms with Gasteiger partial charge in [0.15, 0.2) is 0 Å². The molecule has 1 aliphatic rings. The van der Waals surface area contributed by atoms with Crippen LogP contribution in [0.5, 0.6) is 0 Å². The van der Waals surface area contributed by atoms with Gasteiger partial charge in [0.1, 0.15) is 0 Å². The predicted octanol–water partition coefficient (Wildman–Crippen LogP) is 4.77. The van der Waals surface area contributed by atoms with Gasteiger partial charge in [-0.15, -0.1) is 0 Å². The van der Waals surface area contributed by atoms with Crippen LogP contribution in [0.2, 0.25) is 0 Å². The fourth-order valence-electron chi connectivity index (χ4n) is 3.79. The average Bonchev–Trinajstić information content (AvgIpc) is 2.79. The van der Waals surface area contributed by atoms with E-state index in [2.05, 4.69) is 5.32 Å². The maximum absolute atomic E-state index is 12.9. The highest BCUT2D eigenvalue weighted by molar-refractivity contribution is 6.07. The van der Waals surface area contributed by atoms with E-state index in [1.165, 1.54) is 0 Å². The van der Waals surface area contributed by atoms with E-state index in [1.54, 1.807) is 0 Å². The maximum atomic E-state index is 12.9. The van der Waals surface area contributed by atoms with Gasteiger partial charge in [0.05, 0.1) is 6.04 Å². The van der Waals surface area contributed by atoms with Crippen molar-refractivity contribution in [1.82, 2.24) is 5.32 Å². The summed E-state index contributed by atoms with van der Waals surface area (Å²) in [5, 5.41) is 3.06. The largest absolute Gasteiger partial charge is 0.346 e. The highest BCUT2D eigenvalue weighted by atomic mass is 16.2. The second kappa shape index (κ2) is 8.31. The molecule has 3 aromatic rings. The fraction of sp³-hybridized carbons (Fsp3) is 0.200. The van der Waals surface area contributed by atoms with Crippen LogP contribution in [0.4, 0.5) is 5.69 Å². The number of carbonyl (C=O) groups is 2. The molecule has 2 amide bonds. The molecule has 0 aliphatic carbocycles. The third-order valence-electron chi connectivity index (χ3n) is 5.37. The summed E-state index contributed by atoms with van der Waals surface area (Å²) in [6.07, 6.45) is 1.75. The Kier molecular flexibility index (Phi) is 5.43. The number of nitrogens with one attached hydrogen (secondary N) is 1. The molecule has 0 saturated heterocycles. The summed E-state index contributed by atoms with van der Waals surface area (Å²) >= 11 is 0. The zero-order valence-electron chi connectivity index (χ0n) is 16.5. The molecule has 0 unspecified atom stereocenters. The van der Waals surface area contributed by atoms with Gasteiger partial charge in [0.2, 0.25) is 0 Å². The van der Waals surface area contributed by atoms with Gasteiger partial charge in [-0.25, -0.2) is 0 Å². The zero-order valence-corrected chi connectivity index (χ0v) is 16.5. The van der Waals surface area contributed by atoms with Crippen LogP contribution in [0.3, 0.4) is 0 Å². The van der Waals surface area contributed by atoms with Crippen molar-refractivity contribution in [2.75, 3.05) is 11.4 Å². The third kappa shape index (κ3) is 4.06. The number of amides is 2. The number of anilines is 1. The van der Waals surface area contributed by atoms with E-state index in [9.17, 15) is 9.59 Å². The van der Waals surface area contributed by atoms with Crippen molar-refractivity contribution in [2.45, 2.75) is 25.8 Å². The van der Waals surface area contributed by atoms with Crippen molar-refractivity contribution >= 4 is 17.5 Å². The van der Waals surface area contributed by atoms with Crippen molar-refractivity contribution in [2.24, 2.45) is 0 Å². The lowest BCUT2D eigenvalue weighted by Gasteiger charge is -2.30. The maximum Gasteiger partial charge on any atom is 0.258 e. The first-order chi connectivity index (χ1) is 14.1. The van der Waals surface area contributed by atoms with Gasteiger partial charge in [-0.3, -0.25) is 9.59 Å². The number of rotatable bonds is 4. The first-order valence-electron chi connectivity index (χ1n) is 9.99. The minimum absolute atomic E-state index is 0.00134. The van der Waals surface area contributed by atoms with Gasteiger partial charge in [-0.1, -0.05) is 48.5 Å². The van der Waals surface area contributed by atoms with E-state index in [0.29, 0.717) is 17.7 Å². The standard InChI is InChI=1S/C25H24N2O2/c1-18(19-9-4-2-5-10-19)26-24(28)22-14-15-23-21(17-22)13-8-16-27(23)25(29)20-11-6-3-7-12-20/h2-7,9-12,14-15,17-18H,8,13,16H2,1H3,(H,26,28)/t18-/m1/s1. The molecule has 29 heavy (non-hydrogen) atoms. The molecule has 4 heteroatoms. The normalized spacial score (nSPS) is 14.0. The molecule has 146 valence electrons. The molecule has 1 heterocycles. The highest BCUT2D eigenvalue weighted by Crippen LogP contribution is 2.29. The smallest absolute Gasteiger partial charge is 0.258 e. The SMILES string of the molecule is C[C@@H](NC(=O)c1ccc2c(c1)CCCN2C(=O)c1ccccc1)c1ccccc1. The highest BCUT2D eigenvalue weighted by Gasteiger charge is 2.24. The lowest BCUT2D eigenvalue weighted by molar-refractivity contribution is 0.0939. The first kappa shape index (κ1) is 18.9. The molecule has 4 rings (SSSR count). The minimum Gasteiger partial charge on any atom is -0.346 e. The lowest BCUT2D eigenvalue weighted by atomic mass is 9.98. The van der Waals surface area contributed by atoms with Crippen LogP contribution in [-0.2, 0) is 6.42 Å². The van der Waals surface area contributed by atoms with E-state index in [4.69, 9.17) is 0 Å².